The average molecular weight is 409 g/mol. The van der Waals surface area contributed by atoms with Gasteiger partial charge in [-0.15, -0.1) is 0 Å². The van der Waals surface area contributed by atoms with E-state index in [1.54, 1.807) is 32.2 Å². The van der Waals surface area contributed by atoms with E-state index in [4.69, 9.17) is 27.9 Å². The van der Waals surface area contributed by atoms with Crippen LogP contribution in [0.2, 0.25) is 10.0 Å². The van der Waals surface area contributed by atoms with Gasteiger partial charge in [-0.1, -0.05) is 53.5 Å². The fourth-order valence-corrected chi connectivity index (χ4v) is 3.06. The van der Waals surface area contributed by atoms with Crippen LogP contribution in [0.15, 0.2) is 48.5 Å². The van der Waals surface area contributed by atoms with Crippen molar-refractivity contribution in [1.82, 2.24) is 10.2 Å². The van der Waals surface area contributed by atoms with Gasteiger partial charge in [0.2, 0.25) is 5.91 Å². The largest absolute Gasteiger partial charge is 0.482 e. The number of carbonyl (C=O) groups excluding carboxylic acids is 2. The van der Waals surface area contributed by atoms with Crippen LogP contribution in [0.4, 0.5) is 0 Å². The molecule has 2 aromatic carbocycles. The predicted molar refractivity (Wildman–Crippen MR) is 107 cm³/mol. The van der Waals surface area contributed by atoms with Gasteiger partial charge in [-0.2, -0.15) is 0 Å². The van der Waals surface area contributed by atoms with Crippen LogP contribution in [0, 0.1) is 0 Å². The van der Waals surface area contributed by atoms with Crippen molar-refractivity contribution in [3.8, 4) is 5.75 Å². The lowest BCUT2D eigenvalue weighted by Crippen LogP contribution is -2.49. The Morgan fingerprint density at radius 2 is 1.85 bits per heavy atom. The molecule has 0 fully saturated rings. The van der Waals surface area contributed by atoms with Crippen LogP contribution in [0.5, 0.6) is 5.75 Å². The molecule has 2 aromatic rings. The molecule has 27 heavy (non-hydrogen) atoms. The molecule has 7 heteroatoms. The van der Waals surface area contributed by atoms with Crippen LogP contribution in [0.1, 0.15) is 12.5 Å². The molecule has 0 bridgehead atoms. The SMILES string of the molecule is CNC(=O)[C@H](C)N(CCc1ccccc1)C(=O)COc1ccc(Cl)cc1Cl. The fourth-order valence-electron chi connectivity index (χ4n) is 2.59. The molecular weight excluding hydrogens is 387 g/mol. The summed E-state index contributed by atoms with van der Waals surface area (Å²) >= 11 is 11.9. The van der Waals surface area contributed by atoms with Gasteiger partial charge in [0, 0.05) is 18.6 Å². The minimum Gasteiger partial charge on any atom is -0.482 e. The van der Waals surface area contributed by atoms with E-state index in [1.807, 2.05) is 30.3 Å². The molecule has 0 saturated heterocycles. The Hall–Kier alpha value is -2.24. The number of carbonyl (C=O) groups is 2. The van der Waals surface area contributed by atoms with Gasteiger partial charge in [-0.25, -0.2) is 0 Å². The van der Waals surface area contributed by atoms with E-state index in [0.717, 1.165) is 5.56 Å². The molecule has 2 rings (SSSR count). The van der Waals surface area contributed by atoms with Gasteiger partial charge in [0.1, 0.15) is 11.8 Å². The molecule has 1 atom stereocenters. The molecule has 2 amide bonds. The highest BCUT2D eigenvalue weighted by atomic mass is 35.5. The van der Waals surface area contributed by atoms with Crippen LogP contribution in [-0.2, 0) is 16.0 Å². The van der Waals surface area contributed by atoms with E-state index in [9.17, 15) is 9.59 Å². The van der Waals surface area contributed by atoms with Crippen LogP contribution in [-0.4, -0.2) is 43.0 Å². The van der Waals surface area contributed by atoms with Gasteiger partial charge in [0.25, 0.3) is 5.91 Å². The average Bonchev–Trinajstić information content (AvgIpc) is 2.67. The maximum atomic E-state index is 12.7. The standard InChI is InChI=1S/C20H22Cl2N2O3/c1-14(20(26)23-2)24(11-10-15-6-4-3-5-7-15)19(25)13-27-18-9-8-16(21)12-17(18)22/h3-9,12,14H,10-11,13H2,1-2H3,(H,23,26)/t14-/m0/s1. The first kappa shape index (κ1) is 21.1. The molecule has 0 aliphatic carbocycles. The monoisotopic (exact) mass is 408 g/mol. The van der Waals surface area contributed by atoms with Crippen LogP contribution in [0.25, 0.3) is 0 Å². The van der Waals surface area contributed by atoms with Gasteiger partial charge < -0.3 is 15.0 Å². The van der Waals surface area contributed by atoms with Gasteiger partial charge in [0.15, 0.2) is 6.61 Å². The second-order valence-electron chi connectivity index (χ2n) is 5.98. The Morgan fingerprint density at radius 3 is 2.48 bits per heavy atom. The van der Waals surface area contributed by atoms with Crippen molar-refractivity contribution in [2.45, 2.75) is 19.4 Å². The second kappa shape index (κ2) is 10.2. The minimum absolute atomic E-state index is 0.225. The van der Waals surface area contributed by atoms with Crippen LogP contribution < -0.4 is 10.1 Å². The Bertz CT molecular complexity index is 784. The van der Waals surface area contributed by atoms with Crippen molar-refractivity contribution in [2.75, 3.05) is 20.2 Å². The molecule has 0 spiro atoms. The van der Waals surface area contributed by atoms with Crippen molar-refractivity contribution in [2.24, 2.45) is 0 Å². The van der Waals surface area contributed by atoms with E-state index in [-0.39, 0.29) is 18.4 Å². The predicted octanol–water partition coefficient (Wildman–Crippen LogP) is 3.58. The summed E-state index contributed by atoms with van der Waals surface area (Å²) in [6.45, 7) is 1.86. The normalized spacial score (nSPS) is 11.6. The molecule has 1 N–H and O–H groups in total. The number of nitrogens with zero attached hydrogens (tertiary/aromatic N) is 1. The van der Waals surface area contributed by atoms with Crippen molar-refractivity contribution in [3.05, 3.63) is 64.1 Å². The first-order valence-electron chi connectivity index (χ1n) is 8.55. The highest BCUT2D eigenvalue weighted by Gasteiger charge is 2.25. The summed E-state index contributed by atoms with van der Waals surface area (Å²) in [4.78, 5) is 26.3. The first-order valence-corrected chi connectivity index (χ1v) is 9.30. The summed E-state index contributed by atoms with van der Waals surface area (Å²) in [6, 6.07) is 13.9. The van der Waals surface area contributed by atoms with Gasteiger partial charge in [-0.3, -0.25) is 9.59 Å². The molecule has 0 radical (unpaired) electrons. The second-order valence-corrected chi connectivity index (χ2v) is 6.82. The van der Waals surface area contributed by atoms with Crippen molar-refractivity contribution >= 4 is 35.0 Å². The molecule has 0 aliphatic rings. The Labute approximate surface area is 169 Å². The topological polar surface area (TPSA) is 58.6 Å². The quantitative estimate of drug-likeness (QED) is 0.725. The highest BCUT2D eigenvalue weighted by molar-refractivity contribution is 6.35. The molecule has 0 aromatic heterocycles. The summed E-state index contributed by atoms with van der Waals surface area (Å²) in [5.41, 5.74) is 1.08. The summed E-state index contributed by atoms with van der Waals surface area (Å²) in [7, 11) is 1.54. The van der Waals surface area contributed by atoms with Gasteiger partial charge in [-0.05, 0) is 37.1 Å². The zero-order valence-corrected chi connectivity index (χ0v) is 16.8. The number of rotatable bonds is 8. The molecule has 144 valence electrons. The summed E-state index contributed by atoms with van der Waals surface area (Å²) in [6.07, 6.45) is 0.635. The van der Waals surface area contributed by atoms with E-state index in [1.165, 1.54) is 4.90 Å². The third-order valence-corrected chi connectivity index (χ3v) is 4.67. The Balaban J connectivity index is 2.06. The number of ether oxygens (including phenoxy) is 1. The highest BCUT2D eigenvalue weighted by Crippen LogP contribution is 2.27. The van der Waals surface area contributed by atoms with Crippen molar-refractivity contribution < 1.29 is 14.3 Å². The van der Waals surface area contributed by atoms with E-state index >= 15 is 0 Å². The smallest absolute Gasteiger partial charge is 0.261 e. The summed E-state index contributed by atoms with van der Waals surface area (Å²) in [5, 5.41) is 3.39. The lowest BCUT2D eigenvalue weighted by molar-refractivity contribution is -0.141. The molecule has 0 aliphatic heterocycles. The maximum absolute atomic E-state index is 12.7. The van der Waals surface area contributed by atoms with Crippen molar-refractivity contribution in [1.29, 1.82) is 0 Å². The number of amides is 2. The molecule has 0 saturated carbocycles. The number of benzene rings is 2. The number of hydrogen-bond donors (Lipinski definition) is 1. The van der Waals surface area contributed by atoms with Crippen LogP contribution in [0.3, 0.4) is 0 Å². The van der Waals surface area contributed by atoms with E-state index in [2.05, 4.69) is 5.32 Å². The van der Waals surface area contributed by atoms with Gasteiger partial charge >= 0.3 is 0 Å². The van der Waals surface area contributed by atoms with Crippen LogP contribution >= 0.6 is 23.2 Å². The number of nitrogens with one attached hydrogen (secondary N) is 1. The fraction of sp³-hybridized carbons (Fsp3) is 0.300. The Kier molecular flexibility index (Phi) is 7.95. The zero-order chi connectivity index (χ0) is 19.8. The lowest BCUT2D eigenvalue weighted by Gasteiger charge is -2.28. The van der Waals surface area contributed by atoms with E-state index < -0.39 is 6.04 Å². The maximum Gasteiger partial charge on any atom is 0.261 e. The van der Waals surface area contributed by atoms with Crippen molar-refractivity contribution in [3.63, 3.8) is 0 Å². The summed E-state index contributed by atoms with van der Waals surface area (Å²) in [5.74, 6) is -0.168. The minimum atomic E-state index is -0.615. The zero-order valence-electron chi connectivity index (χ0n) is 15.2. The summed E-state index contributed by atoms with van der Waals surface area (Å²) < 4.78 is 5.54. The van der Waals surface area contributed by atoms with Gasteiger partial charge in [0.05, 0.1) is 5.02 Å². The molecule has 0 heterocycles. The molecule has 5 nitrogen and oxygen atoms in total. The number of hydrogen-bond acceptors (Lipinski definition) is 3. The third kappa shape index (κ3) is 6.15. The van der Waals surface area contributed by atoms with E-state index in [0.29, 0.717) is 28.8 Å². The number of likely N-dealkylation sites (N-methyl/N-ethyl adjacent to an activating group) is 1. The number of halogens is 2. The third-order valence-electron chi connectivity index (χ3n) is 4.14. The molecular formula is C20H22Cl2N2O3. The Morgan fingerprint density at radius 1 is 1.15 bits per heavy atom. The first-order chi connectivity index (χ1) is 12.9. The lowest BCUT2D eigenvalue weighted by atomic mass is 10.1. The molecule has 0 unspecified atom stereocenters.